The Morgan fingerprint density at radius 2 is 1.88 bits per heavy atom. The van der Waals surface area contributed by atoms with Crippen molar-refractivity contribution in [2.75, 3.05) is 36.4 Å². The Hall–Kier alpha value is -3.88. The normalized spacial score (nSPS) is 15.1. The van der Waals surface area contributed by atoms with E-state index >= 15 is 0 Å². The Morgan fingerprint density at radius 1 is 1.09 bits per heavy atom. The van der Waals surface area contributed by atoms with Crippen molar-refractivity contribution in [3.63, 3.8) is 0 Å². The molecular formula is C25H26FN7O. The molecule has 1 aromatic carbocycles. The van der Waals surface area contributed by atoms with Crippen LogP contribution in [0.5, 0.6) is 0 Å². The van der Waals surface area contributed by atoms with Crippen molar-refractivity contribution in [2.45, 2.75) is 26.8 Å². The van der Waals surface area contributed by atoms with Crippen molar-refractivity contribution in [3.8, 4) is 0 Å². The molecule has 1 amide bonds. The van der Waals surface area contributed by atoms with Gasteiger partial charge < -0.3 is 15.1 Å². The number of amides is 1. The monoisotopic (exact) mass is 459 g/mol. The van der Waals surface area contributed by atoms with Crippen LogP contribution in [0.4, 0.5) is 16.0 Å². The van der Waals surface area contributed by atoms with Crippen LogP contribution in [0.1, 0.15) is 31.0 Å². The molecule has 3 aromatic heterocycles. The number of rotatable bonds is 4. The molecule has 4 aromatic rings. The minimum absolute atomic E-state index is 0.0714. The summed E-state index contributed by atoms with van der Waals surface area (Å²) >= 11 is 0. The largest absolute Gasteiger partial charge is 0.361 e. The summed E-state index contributed by atoms with van der Waals surface area (Å²) < 4.78 is 14.3. The second kappa shape index (κ2) is 8.81. The number of nitrogens with one attached hydrogen (secondary N) is 1. The number of fused-ring (bicyclic) bond motifs is 2. The van der Waals surface area contributed by atoms with Crippen LogP contribution in [0.2, 0.25) is 0 Å². The molecule has 1 unspecified atom stereocenters. The van der Waals surface area contributed by atoms with Crippen molar-refractivity contribution < 1.29 is 9.18 Å². The fraction of sp³-hybridized carbons (Fsp3) is 0.320. The first kappa shape index (κ1) is 21.9. The van der Waals surface area contributed by atoms with Crippen molar-refractivity contribution in [1.82, 2.24) is 24.8 Å². The Kier molecular flexibility index (Phi) is 5.69. The van der Waals surface area contributed by atoms with E-state index in [0.717, 1.165) is 22.3 Å². The van der Waals surface area contributed by atoms with E-state index in [1.807, 2.05) is 30.0 Å². The minimum Gasteiger partial charge on any atom is -0.361 e. The number of hydrogen-bond acceptors (Lipinski definition) is 7. The number of aromatic nitrogens is 4. The maximum atomic E-state index is 14.3. The van der Waals surface area contributed by atoms with Gasteiger partial charge in [0.2, 0.25) is 5.91 Å². The van der Waals surface area contributed by atoms with Crippen molar-refractivity contribution in [1.29, 1.82) is 0 Å². The molecule has 174 valence electrons. The number of anilines is 2. The SMILES string of the molecule is CC(=O)N1CCN(c2nc3cc(F)c(C)cc3cc2C(C)Nc2ncnc3cccnc23)CC1. The second-order valence-electron chi connectivity index (χ2n) is 8.65. The molecule has 9 heteroatoms. The van der Waals surface area contributed by atoms with Crippen LogP contribution in [0.25, 0.3) is 21.9 Å². The van der Waals surface area contributed by atoms with Gasteiger partial charge in [0.05, 0.1) is 17.1 Å². The molecular weight excluding hydrogens is 433 g/mol. The molecule has 1 N–H and O–H groups in total. The first-order chi connectivity index (χ1) is 16.4. The first-order valence-corrected chi connectivity index (χ1v) is 11.3. The van der Waals surface area contributed by atoms with Crippen LogP contribution in [0, 0.1) is 12.7 Å². The predicted molar refractivity (Wildman–Crippen MR) is 130 cm³/mol. The van der Waals surface area contributed by atoms with Gasteiger partial charge in [0.25, 0.3) is 0 Å². The van der Waals surface area contributed by atoms with Crippen molar-refractivity contribution in [2.24, 2.45) is 0 Å². The summed E-state index contributed by atoms with van der Waals surface area (Å²) in [5.41, 5.74) is 3.61. The number of hydrogen-bond donors (Lipinski definition) is 1. The van der Waals surface area contributed by atoms with E-state index in [4.69, 9.17) is 4.98 Å². The molecule has 0 radical (unpaired) electrons. The first-order valence-electron chi connectivity index (χ1n) is 11.3. The van der Waals surface area contributed by atoms with E-state index in [2.05, 4.69) is 31.2 Å². The van der Waals surface area contributed by atoms with E-state index in [1.165, 1.54) is 12.4 Å². The number of aryl methyl sites for hydroxylation is 1. The van der Waals surface area contributed by atoms with E-state index < -0.39 is 0 Å². The van der Waals surface area contributed by atoms with Gasteiger partial charge in [0, 0.05) is 56.3 Å². The smallest absolute Gasteiger partial charge is 0.219 e. The lowest BCUT2D eigenvalue weighted by Gasteiger charge is -2.36. The van der Waals surface area contributed by atoms with Gasteiger partial charge >= 0.3 is 0 Å². The zero-order chi connectivity index (χ0) is 23.8. The molecule has 0 aliphatic carbocycles. The molecule has 4 heterocycles. The van der Waals surface area contributed by atoms with E-state index in [0.29, 0.717) is 48.6 Å². The molecule has 0 saturated carbocycles. The van der Waals surface area contributed by atoms with Crippen LogP contribution in [0.15, 0.2) is 42.9 Å². The summed E-state index contributed by atoms with van der Waals surface area (Å²) in [5.74, 6) is 1.22. The standard InChI is InChI=1S/C25H26FN7O/c1-15-11-18-12-19(16(2)30-24-23-21(28-14-29-24)5-4-6-27-23)25(31-22(18)13-20(15)26)33-9-7-32(8-10-33)17(3)34/h4-6,11-14,16H,7-10H2,1-3H3,(H,28,29,30). The molecule has 8 nitrogen and oxygen atoms in total. The van der Waals surface area contributed by atoms with Crippen molar-refractivity contribution in [3.05, 3.63) is 59.8 Å². The highest BCUT2D eigenvalue weighted by Gasteiger charge is 2.25. The summed E-state index contributed by atoms with van der Waals surface area (Å²) in [6.45, 7) is 7.95. The Labute approximate surface area is 196 Å². The number of nitrogens with zero attached hydrogens (tertiary/aromatic N) is 6. The van der Waals surface area contributed by atoms with Gasteiger partial charge in [-0.25, -0.2) is 19.3 Å². The Balaban J connectivity index is 1.55. The zero-order valence-electron chi connectivity index (χ0n) is 19.4. The molecule has 1 fully saturated rings. The van der Waals surface area contributed by atoms with Gasteiger partial charge in [-0.3, -0.25) is 9.78 Å². The zero-order valence-corrected chi connectivity index (χ0v) is 19.4. The van der Waals surface area contributed by atoms with Gasteiger partial charge in [-0.1, -0.05) is 0 Å². The molecule has 34 heavy (non-hydrogen) atoms. The van der Waals surface area contributed by atoms with E-state index in [9.17, 15) is 9.18 Å². The third-order valence-electron chi connectivity index (χ3n) is 6.34. The summed E-state index contributed by atoms with van der Waals surface area (Å²) in [5, 5.41) is 4.35. The van der Waals surface area contributed by atoms with Gasteiger partial charge in [0.15, 0.2) is 5.82 Å². The molecule has 5 rings (SSSR count). The minimum atomic E-state index is -0.273. The topological polar surface area (TPSA) is 87.1 Å². The maximum Gasteiger partial charge on any atom is 0.219 e. The molecule has 1 atom stereocenters. The van der Waals surface area contributed by atoms with Crippen LogP contribution in [-0.4, -0.2) is 56.9 Å². The average Bonchev–Trinajstić information content (AvgIpc) is 2.84. The number of carbonyl (C=O) groups is 1. The fourth-order valence-corrected chi connectivity index (χ4v) is 4.40. The lowest BCUT2D eigenvalue weighted by atomic mass is 10.0. The van der Waals surface area contributed by atoms with Crippen molar-refractivity contribution >= 4 is 39.5 Å². The second-order valence-corrected chi connectivity index (χ2v) is 8.65. The average molecular weight is 460 g/mol. The number of piperazine rings is 1. The Morgan fingerprint density at radius 3 is 2.65 bits per heavy atom. The van der Waals surface area contributed by atoms with Crippen LogP contribution in [0.3, 0.4) is 0 Å². The quantitative estimate of drug-likeness (QED) is 0.496. The summed E-state index contributed by atoms with van der Waals surface area (Å²) in [6, 6.07) is 8.96. The third kappa shape index (κ3) is 4.09. The van der Waals surface area contributed by atoms with Gasteiger partial charge in [-0.2, -0.15) is 0 Å². The van der Waals surface area contributed by atoms with Gasteiger partial charge in [-0.05, 0) is 43.7 Å². The Bertz CT molecular complexity index is 1380. The molecule has 1 aliphatic heterocycles. The molecule has 1 aliphatic rings. The molecule has 0 spiro atoms. The number of benzene rings is 1. The van der Waals surface area contributed by atoms with Gasteiger partial charge in [-0.15, -0.1) is 0 Å². The van der Waals surface area contributed by atoms with Crippen LogP contribution >= 0.6 is 0 Å². The number of pyridine rings is 2. The highest BCUT2D eigenvalue weighted by Crippen LogP contribution is 2.32. The lowest BCUT2D eigenvalue weighted by Crippen LogP contribution is -2.48. The third-order valence-corrected chi connectivity index (χ3v) is 6.34. The van der Waals surface area contributed by atoms with Crippen LogP contribution < -0.4 is 10.2 Å². The highest BCUT2D eigenvalue weighted by molar-refractivity contribution is 5.86. The molecule has 0 bridgehead atoms. The van der Waals surface area contributed by atoms with Crippen LogP contribution in [-0.2, 0) is 4.79 Å². The maximum absolute atomic E-state index is 14.3. The summed E-state index contributed by atoms with van der Waals surface area (Å²) in [4.78, 5) is 33.8. The lowest BCUT2D eigenvalue weighted by molar-refractivity contribution is -0.129. The van der Waals surface area contributed by atoms with E-state index in [1.54, 1.807) is 20.0 Å². The number of halogens is 1. The summed E-state index contributed by atoms with van der Waals surface area (Å²) in [7, 11) is 0. The van der Waals surface area contributed by atoms with Gasteiger partial charge in [0.1, 0.15) is 23.5 Å². The summed E-state index contributed by atoms with van der Waals surface area (Å²) in [6.07, 6.45) is 3.24. The number of carbonyl (C=O) groups excluding carboxylic acids is 1. The highest BCUT2D eigenvalue weighted by atomic mass is 19.1. The molecule has 1 saturated heterocycles. The van der Waals surface area contributed by atoms with E-state index in [-0.39, 0.29) is 17.8 Å². The predicted octanol–water partition coefficient (Wildman–Crippen LogP) is 3.86. The fourth-order valence-electron chi connectivity index (χ4n) is 4.40.